The van der Waals surface area contributed by atoms with Crippen LogP contribution in [0.4, 0.5) is 52.8 Å². The second-order valence-electron chi connectivity index (χ2n) is 23.5. The molecule has 0 spiro atoms. The molecule has 0 radical (unpaired) electrons. The van der Waals surface area contributed by atoms with Gasteiger partial charge in [0.25, 0.3) is 0 Å². The molecule has 0 unspecified atom stereocenters. The first-order valence-corrected chi connectivity index (χ1v) is 33.7. The van der Waals surface area contributed by atoms with E-state index in [1.807, 2.05) is 0 Å². The Balaban J connectivity index is 0.000000225. The number of benzene rings is 3. The molecule has 0 amide bonds. The molecular formula is C64H97Cl6N19O3. The molecule has 3 saturated carbocycles. The molecule has 5 heterocycles. The Hall–Kier alpha value is -5.53. The number of halogens is 6. The summed E-state index contributed by atoms with van der Waals surface area (Å²) < 4.78 is 0. The van der Waals surface area contributed by atoms with E-state index in [1.54, 1.807) is 36.4 Å². The highest BCUT2D eigenvalue weighted by Gasteiger charge is 2.25. The van der Waals surface area contributed by atoms with Gasteiger partial charge in [-0.15, -0.1) is 0 Å². The maximum atomic E-state index is 9.72. The maximum Gasteiger partial charge on any atom is 0.233 e. The van der Waals surface area contributed by atoms with E-state index in [0.29, 0.717) is 71.0 Å². The van der Waals surface area contributed by atoms with Crippen molar-refractivity contribution in [1.82, 2.24) is 60.0 Å². The Morgan fingerprint density at radius 1 is 0.424 bits per heavy atom. The lowest BCUT2D eigenvalue weighted by Gasteiger charge is -2.35. The second kappa shape index (κ2) is 40.7. The highest BCUT2D eigenvalue weighted by atomic mass is 35.5. The summed E-state index contributed by atoms with van der Waals surface area (Å²) in [6.45, 7) is 4.66. The van der Waals surface area contributed by atoms with Crippen LogP contribution in [-0.2, 0) is 0 Å². The van der Waals surface area contributed by atoms with Crippen LogP contribution in [0.1, 0.15) is 156 Å². The fourth-order valence-corrected chi connectivity index (χ4v) is 12.1. The molecule has 2 aliphatic heterocycles. The van der Waals surface area contributed by atoms with E-state index in [1.165, 1.54) is 134 Å². The standard InChI is InChI=1S/C23H34ClN7O.C16H19Cl2N5O.C9H5Cl3N4O.C7H16N2.C7H15N.2CH4/c1-30-13-11-18(12-14-30)31(2)23-28-21(25-16-7-5-3-4-6-8-16)27-22(29-23)26-17-9-10-20(32)19(24)15-17;17-12-9-11(7-8-13(12)24)20-16-22-14(18)21-15(23-16)19-10-5-3-1-2-4-6-10;10-5-3-4(1-2-6(5)17)13-9-15-7(11)14-8(12)16-9;1-8-7-3-5-9(2)6-4-7;8-7-5-3-1-2-4-6-7;;/h9-10,15-16,18,32H,3-8,11-14H2,1-2H3,(H2,25,26,27,28,29);7-10,24H,1-6H2,(H2,19,20,21,22,23);1-3,17H,(H,13,14,15,16);7-8H,3-6H2,1-2H3;7H,1-6,8H2;2*1H4. The predicted molar refractivity (Wildman–Crippen MR) is 382 cm³/mol. The first-order valence-electron chi connectivity index (χ1n) is 31.4. The van der Waals surface area contributed by atoms with Gasteiger partial charge in [-0.3, -0.25) is 0 Å². The number of anilines is 9. The fraction of sp³-hybridized carbons (Fsp3) is 0.578. The molecule has 92 heavy (non-hydrogen) atoms. The van der Waals surface area contributed by atoms with Gasteiger partial charge in [-0.2, -0.15) is 44.9 Å². The van der Waals surface area contributed by atoms with Gasteiger partial charge in [0.2, 0.25) is 51.5 Å². The molecule has 3 aromatic carbocycles. The van der Waals surface area contributed by atoms with Crippen molar-refractivity contribution < 1.29 is 15.3 Å². The number of aromatic nitrogens is 9. The molecule has 11 N–H and O–H groups in total. The van der Waals surface area contributed by atoms with E-state index in [4.69, 9.17) is 85.3 Å². The molecule has 3 aromatic heterocycles. The summed E-state index contributed by atoms with van der Waals surface area (Å²) in [6.07, 6.45) is 27.4. The van der Waals surface area contributed by atoms with Gasteiger partial charge in [-0.1, -0.05) is 127 Å². The molecule has 11 rings (SSSR count). The van der Waals surface area contributed by atoms with Crippen molar-refractivity contribution in [1.29, 1.82) is 0 Å². The van der Waals surface area contributed by atoms with Gasteiger partial charge in [0, 0.05) is 54.3 Å². The van der Waals surface area contributed by atoms with Crippen LogP contribution in [0.3, 0.4) is 0 Å². The Bertz CT molecular complexity index is 3090. The van der Waals surface area contributed by atoms with Crippen LogP contribution in [0.15, 0.2) is 54.6 Å². The molecular weight excluding hydrogens is 1300 g/mol. The first kappa shape index (κ1) is 77.2. The van der Waals surface area contributed by atoms with Crippen LogP contribution >= 0.6 is 69.6 Å². The van der Waals surface area contributed by atoms with Crippen molar-refractivity contribution >= 4 is 122 Å². The van der Waals surface area contributed by atoms with Crippen LogP contribution in [0, 0.1) is 0 Å². The summed E-state index contributed by atoms with van der Waals surface area (Å²) in [5, 5.41) is 48.6. The third-order valence-corrected chi connectivity index (χ3v) is 17.8. The zero-order valence-electron chi connectivity index (χ0n) is 52.0. The number of hydrogen-bond donors (Lipinski definition) is 10. The van der Waals surface area contributed by atoms with E-state index in [2.05, 4.69) is 110 Å². The number of likely N-dealkylation sites (tertiary alicyclic amines) is 2. The number of phenols is 3. The zero-order valence-corrected chi connectivity index (χ0v) is 56.6. The monoisotopic (exact) mass is 1390 g/mol. The quantitative estimate of drug-likeness (QED) is 0.0380. The number of piperidine rings is 2. The average molecular weight is 1390 g/mol. The lowest BCUT2D eigenvalue weighted by Crippen LogP contribution is -2.42. The third-order valence-electron chi connectivity index (χ3n) is 16.4. The largest absolute Gasteiger partial charge is 0.506 e. The molecule has 28 heteroatoms. The van der Waals surface area contributed by atoms with E-state index < -0.39 is 0 Å². The minimum Gasteiger partial charge on any atom is -0.506 e. The summed E-state index contributed by atoms with van der Waals surface area (Å²) in [4.78, 5) is 45.0. The van der Waals surface area contributed by atoms with Gasteiger partial charge >= 0.3 is 0 Å². The Morgan fingerprint density at radius 3 is 1.14 bits per heavy atom. The van der Waals surface area contributed by atoms with Crippen molar-refractivity contribution in [3.05, 3.63) is 85.5 Å². The highest BCUT2D eigenvalue weighted by Crippen LogP contribution is 2.32. The Morgan fingerprint density at radius 2 is 0.750 bits per heavy atom. The number of nitrogens with one attached hydrogen (secondary N) is 6. The summed E-state index contributed by atoms with van der Waals surface area (Å²) in [5.41, 5.74) is 7.69. The van der Waals surface area contributed by atoms with Gasteiger partial charge in [0.05, 0.1) is 15.1 Å². The Kier molecular flexibility index (Phi) is 34.1. The molecule has 2 saturated heterocycles. The number of rotatable bonds is 13. The molecule has 3 aliphatic carbocycles. The molecule has 5 fully saturated rings. The Labute approximate surface area is 574 Å². The van der Waals surface area contributed by atoms with Crippen LogP contribution in [0.5, 0.6) is 17.2 Å². The van der Waals surface area contributed by atoms with Crippen molar-refractivity contribution in [3.63, 3.8) is 0 Å². The number of hydrogen-bond acceptors (Lipinski definition) is 22. The minimum atomic E-state index is -0.0163. The molecule has 0 atom stereocenters. The average Bonchev–Trinajstić information content (AvgIpc) is 0.952. The summed E-state index contributed by atoms with van der Waals surface area (Å²) in [5.74, 6) is 2.78. The smallest absolute Gasteiger partial charge is 0.233 e. The molecule has 508 valence electrons. The highest BCUT2D eigenvalue weighted by molar-refractivity contribution is 6.33. The van der Waals surface area contributed by atoms with Crippen LogP contribution in [-0.4, -0.2) is 155 Å². The van der Waals surface area contributed by atoms with E-state index >= 15 is 0 Å². The topological polar surface area (TPSA) is 285 Å². The van der Waals surface area contributed by atoms with Crippen LogP contribution < -0.4 is 42.5 Å². The van der Waals surface area contributed by atoms with Gasteiger partial charge in [0.15, 0.2) is 0 Å². The SMILES string of the molecule is C.C.CN1CCC(N(C)c2nc(Nc3ccc(O)c(Cl)c3)nc(NC3CCCCCC3)n2)CC1.CNC1CCN(C)CC1.NC1CCCCCC1.Oc1ccc(Nc2nc(Cl)nc(Cl)n2)cc1Cl.Oc1ccc(Nc2nc(Cl)nc(NC3CCCCCC3)n2)cc1Cl. The van der Waals surface area contributed by atoms with Crippen molar-refractivity contribution in [3.8, 4) is 17.2 Å². The lowest BCUT2D eigenvalue weighted by atomic mass is 10.0. The van der Waals surface area contributed by atoms with Gasteiger partial charge in [-0.25, -0.2) is 0 Å². The lowest BCUT2D eigenvalue weighted by molar-refractivity contribution is 0.240. The van der Waals surface area contributed by atoms with Gasteiger partial charge in [0.1, 0.15) is 17.2 Å². The number of nitrogens with zero attached hydrogens (tertiary/aromatic N) is 12. The molecule has 6 aromatic rings. The van der Waals surface area contributed by atoms with Crippen molar-refractivity contribution in [2.45, 2.75) is 186 Å². The van der Waals surface area contributed by atoms with Crippen LogP contribution in [0.2, 0.25) is 30.9 Å². The fourth-order valence-electron chi connectivity index (χ4n) is 11.0. The molecule has 22 nitrogen and oxygen atoms in total. The molecule has 5 aliphatic rings. The van der Waals surface area contributed by atoms with Crippen LogP contribution in [0.25, 0.3) is 0 Å². The molecule has 0 bridgehead atoms. The van der Waals surface area contributed by atoms with E-state index in [0.717, 1.165) is 57.7 Å². The third kappa shape index (κ3) is 27.4. The van der Waals surface area contributed by atoms with E-state index in [-0.39, 0.29) is 69.0 Å². The van der Waals surface area contributed by atoms with Crippen molar-refractivity contribution in [2.24, 2.45) is 5.73 Å². The first-order chi connectivity index (χ1) is 43.3. The minimum absolute atomic E-state index is 0. The second-order valence-corrected chi connectivity index (χ2v) is 25.8. The summed E-state index contributed by atoms with van der Waals surface area (Å²) in [7, 11) is 8.47. The summed E-state index contributed by atoms with van der Waals surface area (Å²) in [6, 6.07) is 16.8. The number of aromatic hydroxyl groups is 3. The number of nitrogens with two attached hydrogens (primary N) is 1. The van der Waals surface area contributed by atoms with Gasteiger partial charge in [-0.05, 0) is 201 Å². The normalized spacial score (nSPS) is 17.2. The van der Waals surface area contributed by atoms with Crippen molar-refractivity contribution in [2.75, 3.05) is 85.9 Å². The number of phenolic OH excluding ortho intramolecular Hbond substituents is 3. The van der Waals surface area contributed by atoms with E-state index in [9.17, 15) is 15.3 Å². The maximum absolute atomic E-state index is 9.72. The zero-order chi connectivity index (χ0) is 64.4. The predicted octanol–water partition coefficient (Wildman–Crippen LogP) is 15.9. The summed E-state index contributed by atoms with van der Waals surface area (Å²) >= 11 is 35.0. The van der Waals surface area contributed by atoms with Gasteiger partial charge < -0.3 is 67.7 Å².